The number of carbonyl (C=O) groups excluding carboxylic acids is 2. The van der Waals surface area contributed by atoms with E-state index in [-0.39, 0.29) is 35.0 Å². The third kappa shape index (κ3) is 3.19. The van der Waals surface area contributed by atoms with Crippen molar-refractivity contribution in [2.75, 3.05) is 0 Å². The molecule has 0 aromatic rings. The van der Waals surface area contributed by atoms with Crippen molar-refractivity contribution < 1.29 is 19.5 Å². The van der Waals surface area contributed by atoms with Gasteiger partial charge in [0.1, 0.15) is 11.6 Å². The lowest BCUT2D eigenvalue weighted by Crippen LogP contribution is -2.60. The van der Waals surface area contributed by atoms with Crippen molar-refractivity contribution in [1.82, 2.24) is 0 Å². The van der Waals surface area contributed by atoms with E-state index in [1.165, 1.54) is 0 Å². The molecule has 4 aliphatic carbocycles. The molecule has 0 aromatic carbocycles. The lowest BCUT2D eigenvalue weighted by molar-refractivity contribution is -0.169. The molecule has 5 unspecified atom stereocenters. The van der Waals surface area contributed by atoms with Crippen molar-refractivity contribution in [1.29, 1.82) is 0 Å². The van der Waals surface area contributed by atoms with Gasteiger partial charge in [0.05, 0.1) is 0 Å². The smallest absolute Gasteiger partial charge is 0.303 e. The minimum Gasteiger partial charge on any atom is -0.481 e. The van der Waals surface area contributed by atoms with Gasteiger partial charge in [-0.05, 0) is 85.4 Å². The van der Waals surface area contributed by atoms with E-state index in [0.717, 1.165) is 44.9 Å². The minimum absolute atomic E-state index is 0.0475. The first-order valence-electron chi connectivity index (χ1n) is 12.4. The van der Waals surface area contributed by atoms with Crippen LogP contribution in [-0.4, -0.2) is 22.6 Å². The summed E-state index contributed by atoms with van der Waals surface area (Å²) in [6.07, 6.45) is 8.61. The van der Waals surface area contributed by atoms with E-state index < -0.39 is 5.97 Å². The lowest BCUT2D eigenvalue weighted by atomic mass is 9.42. The summed E-state index contributed by atoms with van der Waals surface area (Å²) in [4.78, 5) is 37.3. The Labute approximate surface area is 181 Å². The molecule has 0 saturated heterocycles. The summed E-state index contributed by atoms with van der Waals surface area (Å²) >= 11 is 0. The number of aliphatic carboxylic acids is 1. The van der Waals surface area contributed by atoms with Crippen molar-refractivity contribution in [3.63, 3.8) is 0 Å². The Bertz CT molecular complexity index is 729. The summed E-state index contributed by atoms with van der Waals surface area (Å²) in [5.74, 6) is 2.34. The van der Waals surface area contributed by atoms with Gasteiger partial charge in [0, 0.05) is 31.1 Å². The molecule has 0 aromatic heterocycles. The van der Waals surface area contributed by atoms with Gasteiger partial charge in [-0.15, -0.1) is 0 Å². The zero-order valence-electron chi connectivity index (χ0n) is 19.3. The van der Waals surface area contributed by atoms with E-state index in [1.54, 1.807) is 0 Å². The molecule has 4 rings (SSSR count). The third-order valence-electron chi connectivity index (χ3n) is 10.5. The molecule has 30 heavy (non-hydrogen) atoms. The fourth-order valence-electron chi connectivity index (χ4n) is 8.97. The molecule has 168 valence electrons. The highest BCUT2D eigenvalue weighted by Gasteiger charge is 2.65. The van der Waals surface area contributed by atoms with Crippen LogP contribution in [0.5, 0.6) is 0 Å². The molecule has 4 saturated carbocycles. The molecule has 0 amide bonds. The quantitative estimate of drug-likeness (QED) is 0.639. The molecular formula is C26H40O4. The number of carbonyl (C=O) groups is 3. The van der Waals surface area contributed by atoms with E-state index in [4.69, 9.17) is 5.11 Å². The molecule has 4 heteroatoms. The first kappa shape index (κ1) is 22.0. The van der Waals surface area contributed by atoms with Gasteiger partial charge in [-0.3, -0.25) is 14.4 Å². The summed E-state index contributed by atoms with van der Waals surface area (Å²) in [7, 11) is 0. The first-order valence-corrected chi connectivity index (χ1v) is 12.4. The van der Waals surface area contributed by atoms with Crippen LogP contribution in [0.4, 0.5) is 0 Å². The van der Waals surface area contributed by atoms with Crippen LogP contribution in [0.1, 0.15) is 91.9 Å². The van der Waals surface area contributed by atoms with E-state index in [1.807, 2.05) is 0 Å². The van der Waals surface area contributed by atoms with Gasteiger partial charge in [0.15, 0.2) is 0 Å². The number of fused-ring (bicyclic) bond motifs is 5. The van der Waals surface area contributed by atoms with Gasteiger partial charge in [0.2, 0.25) is 0 Å². The number of rotatable bonds is 5. The fraction of sp³-hybridized carbons (Fsp3) is 0.885. The molecule has 9 atom stereocenters. The first-order chi connectivity index (χ1) is 14.1. The van der Waals surface area contributed by atoms with Crippen LogP contribution < -0.4 is 0 Å². The second-order valence-corrected chi connectivity index (χ2v) is 11.6. The normalized spacial score (nSPS) is 46.7. The summed E-state index contributed by atoms with van der Waals surface area (Å²) in [5.41, 5.74) is 0.280. The second-order valence-electron chi connectivity index (χ2n) is 11.6. The van der Waals surface area contributed by atoms with Crippen molar-refractivity contribution >= 4 is 17.5 Å². The van der Waals surface area contributed by atoms with Crippen molar-refractivity contribution in [2.45, 2.75) is 91.9 Å². The topological polar surface area (TPSA) is 71.4 Å². The molecule has 4 aliphatic rings. The largest absolute Gasteiger partial charge is 0.481 e. The Morgan fingerprint density at radius 2 is 1.77 bits per heavy atom. The maximum absolute atomic E-state index is 13.9. The number of ketones is 2. The number of hydrogen-bond acceptors (Lipinski definition) is 3. The molecule has 0 aliphatic heterocycles. The monoisotopic (exact) mass is 416 g/mol. The lowest BCUT2D eigenvalue weighted by Gasteiger charge is -2.61. The van der Waals surface area contributed by atoms with Crippen LogP contribution in [0.3, 0.4) is 0 Å². The summed E-state index contributed by atoms with van der Waals surface area (Å²) < 4.78 is 0. The molecular weight excluding hydrogens is 376 g/mol. The van der Waals surface area contributed by atoms with Gasteiger partial charge in [-0.25, -0.2) is 0 Å². The highest BCUT2D eigenvalue weighted by atomic mass is 16.4. The number of carboxylic acids is 1. The molecule has 1 N–H and O–H groups in total. The predicted octanol–water partition coefficient (Wildman–Crippen LogP) is 5.53. The summed E-state index contributed by atoms with van der Waals surface area (Å²) in [5, 5.41) is 9.14. The van der Waals surface area contributed by atoms with Gasteiger partial charge in [0.25, 0.3) is 0 Å². The zero-order chi connectivity index (χ0) is 21.8. The standard InChI is InChI=1S/C26H40O4/c1-5-17-21-14-16(27)10-12-26(21,4)20-11-13-25(3)18(15(2)6-9-22(28)29)7-8-19(25)23(20)24(17)30/h15,17-21,23H,5-14H2,1-4H3,(H,28,29)/t15-,17-,18?,19?,20?,21?,23?,25-,26-/m1/s1. The van der Waals surface area contributed by atoms with Gasteiger partial charge >= 0.3 is 5.97 Å². The average Bonchev–Trinajstić information content (AvgIpc) is 3.05. The Kier molecular flexibility index (Phi) is 5.68. The van der Waals surface area contributed by atoms with Crippen molar-refractivity contribution in [3.05, 3.63) is 0 Å². The van der Waals surface area contributed by atoms with Crippen LogP contribution >= 0.6 is 0 Å². The number of carboxylic acid groups (broad SMARTS) is 1. The van der Waals surface area contributed by atoms with E-state index in [9.17, 15) is 14.4 Å². The number of Topliss-reactive ketones (excluding diaryl/α,β-unsaturated/α-hetero) is 2. The van der Waals surface area contributed by atoms with Gasteiger partial charge in [-0.2, -0.15) is 0 Å². The average molecular weight is 417 g/mol. The Hall–Kier alpha value is -1.19. The fourth-order valence-corrected chi connectivity index (χ4v) is 8.97. The summed E-state index contributed by atoms with van der Waals surface area (Å²) in [6.45, 7) is 9.18. The van der Waals surface area contributed by atoms with Gasteiger partial charge < -0.3 is 5.11 Å². The number of hydrogen-bond donors (Lipinski definition) is 1. The maximum Gasteiger partial charge on any atom is 0.303 e. The second kappa shape index (κ2) is 7.74. The Balaban J connectivity index is 1.63. The highest BCUT2D eigenvalue weighted by Crippen LogP contribution is 2.68. The molecule has 0 spiro atoms. The Morgan fingerprint density at radius 1 is 1.07 bits per heavy atom. The molecule has 0 heterocycles. The molecule has 0 radical (unpaired) electrons. The van der Waals surface area contributed by atoms with Crippen LogP contribution in [0, 0.1) is 52.3 Å². The highest BCUT2D eigenvalue weighted by molar-refractivity contribution is 5.88. The van der Waals surface area contributed by atoms with Crippen LogP contribution in [0.15, 0.2) is 0 Å². The van der Waals surface area contributed by atoms with Gasteiger partial charge in [-0.1, -0.05) is 27.7 Å². The molecule has 0 bridgehead atoms. The minimum atomic E-state index is -0.704. The third-order valence-corrected chi connectivity index (χ3v) is 10.5. The maximum atomic E-state index is 13.9. The van der Waals surface area contributed by atoms with E-state index in [2.05, 4.69) is 27.7 Å². The van der Waals surface area contributed by atoms with E-state index >= 15 is 0 Å². The van der Waals surface area contributed by atoms with E-state index in [0.29, 0.717) is 48.1 Å². The summed E-state index contributed by atoms with van der Waals surface area (Å²) in [6, 6.07) is 0. The van der Waals surface area contributed by atoms with Crippen molar-refractivity contribution in [2.24, 2.45) is 52.3 Å². The molecule has 4 nitrogen and oxygen atoms in total. The zero-order valence-corrected chi connectivity index (χ0v) is 19.3. The van der Waals surface area contributed by atoms with Crippen LogP contribution in [0.25, 0.3) is 0 Å². The Morgan fingerprint density at radius 3 is 2.43 bits per heavy atom. The van der Waals surface area contributed by atoms with Crippen molar-refractivity contribution in [3.8, 4) is 0 Å². The predicted molar refractivity (Wildman–Crippen MR) is 116 cm³/mol. The van der Waals surface area contributed by atoms with Crippen LogP contribution in [0.2, 0.25) is 0 Å². The van der Waals surface area contributed by atoms with Crippen LogP contribution in [-0.2, 0) is 14.4 Å². The SMILES string of the molecule is CC[C@H]1C(=O)C2C3CCC([C@H](C)CCC(=O)O)[C@@]3(C)CCC2[C@@]2(C)CCC(=O)CC12. The molecule has 4 fully saturated rings.